The maximum atomic E-state index is 12.7. The first kappa shape index (κ1) is 29.0. The van der Waals surface area contributed by atoms with Crippen molar-refractivity contribution in [1.82, 2.24) is 16.0 Å². The van der Waals surface area contributed by atoms with Gasteiger partial charge in [0.05, 0.1) is 19.1 Å². The van der Waals surface area contributed by atoms with Crippen molar-refractivity contribution in [3.8, 4) is 0 Å². The lowest BCUT2D eigenvalue weighted by molar-refractivity contribution is -0.143. The van der Waals surface area contributed by atoms with Crippen LogP contribution in [0, 0.1) is 0 Å². The monoisotopic (exact) mass is 496 g/mol. The van der Waals surface area contributed by atoms with E-state index >= 15 is 0 Å². The van der Waals surface area contributed by atoms with Crippen molar-refractivity contribution in [3.63, 3.8) is 0 Å². The summed E-state index contributed by atoms with van der Waals surface area (Å²) < 4.78 is 0. The summed E-state index contributed by atoms with van der Waals surface area (Å²) in [6.45, 7) is -0.948. The van der Waals surface area contributed by atoms with E-state index in [9.17, 15) is 39.0 Å². The molecule has 1 aromatic carbocycles. The van der Waals surface area contributed by atoms with Gasteiger partial charge in [0.25, 0.3) is 0 Å². The zero-order valence-corrected chi connectivity index (χ0v) is 18.5. The number of carboxylic acid groups (broad SMARTS) is 3. The molecule has 0 heterocycles. The summed E-state index contributed by atoms with van der Waals surface area (Å²) in [5.74, 6) is -7.16. The molecule has 0 saturated heterocycles. The van der Waals surface area contributed by atoms with Crippen molar-refractivity contribution >= 4 is 35.6 Å². The highest BCUT2D eigenvalue weighted by molar-refractivity contribution is 5.95. The number of nitrogens with two attached hydrogens (primary N) is 1. The van der Waals surface area contributed by atoms with Crippen molar-refractivity contribution in [1.29, 1.82) is 0 Å². The Morgan fingerprint density at radius 1 is 0.771 bits per heavy atom. The quantitative estimate of drug-likeness (QED) is 0.125. The number of amides is 3. The average Bonchev–Trinajstić information content (AvgIpc) is 2.79. The summed E-state index contributed by atoms with van der Waals surface area (Å²) in [7, 11) is 0. The van der Waals surface area contributed by atoms with E-state index in [0.29, 0.717) is 5.56 Å². The second-order valence-corrected chi connectivity index (χ2v) is 7.53. The van der Waals surface area contributed by atoms with Gasteiger partial charge in [-0.3, -0.25) is 24.0 Å². The molecule has 3 amide bonds. The Kier molecular flexibility index (Phi) is 11.8. The number of carbonyl (C=O) groups is 6. The molecule has 4 atom stereocenters. The van der Waals surface area contributed by atoms with Crippen LogP contribution in [-0.2, 0) is 35.2 Å². The van der Waals surface area contributed by atoms with Gasteiger partial charge in [-0.15, -0.1) is 0 Å². The van der Waals surface area contributed by atoms with Gasteiger partial charge in [0.2, 0.25) is 17.7 Å². The Balaban J connectivity index is 2.93. The predicted molar refractivity (Wildman–Crippen MR) is 118 cm³/mol. The standard InChI is InChI=1S/C21H28N4O10/c22-12(9-17(29)30)18(31)25-15(10-26)20(33)23-13(6-7-16(27)28)19(32)24-14(21(34)35)8-11-4-2-1-3-5-11/h1-5,12-15,26H,6-10,22H2,(H,23,33)(H,24,32)(H,25,31)(H,27,28)(H,29,30)(H,34,35). The van der Waals surface area contributed by atoms with Crippen molar-refractivity contribution in [2.24, 2.45) is 5.73 Å². The second-order valence-electron chi connectivity index (χ2n) is 7.53. The molecular weight excluding hydrogens is 468 g/mol. The lowest BCUT2D eigenvalue weighted by Gasteiger charge is -2.24. The number of hydrogen-bond acceptors (Lipinski definition) is 8. The molecule has 0 aliphatic carbocycles. The molecule has 9 N–H and O–H groups in total. The fraction of sp³-hybridized carbons (Fsp3) is 0.429. The first-order chi connectivity index (χ1) is 16.4. The Labute approximate surface area is 199 Å². The molecule has 0 aliphatic rings. The van der Waals surface area contributed by atoms with Crippen LogP contribution in [0.2, 0.25) is 0 Å². The predicted octanol–water partition coefficient (Wildman–Crippen LogP) is -2.57. The molecule has 192 valence electrons. The molecule has 0 aromatic heterocycles. The topological polar surface area (TPSA) is 245 Å². The van der Waals surface area contributed by atoms with Crippen molar-refractivity contribution in [2.45, 2.75) is 49.9 Å². The van der Waals surface area contributed by atoms with Crippen LogP contribution in [0.5, 0.6) is 0 Å². The van der Waals surface area contributed by atoms with E-state index in [-0.39, 0.29) is 6.42 Å². The number of carbonyl (C=O) groups excluding carboxylic acids is 3. The van der Waals surface area contributed by atoms with Crippen LogP contribution in [-0.4, -0.2) is 86.8 Å². The summed E-state index contributed by atoms with van der Waals surface area (Å²) in [5.41, 5.74) is 6.01. The van der Waals surface area contributed by atoms with Crippen LogP contribution in [0.15, 0.2) is 30.3 Å². The number of nitrogens with one attached hydrogen (secondary N) is 3. The molecular formula is C21H28N4O10. The molecule has 0 fully saturated rings. The van der Waals surface area contributed by atoms with Gasteiger partial charge >= 0.3 is 17.9 Å². The van der Waals surface area contributed by atoms with Gasteiger partial charge in [-0.2, -0.15) is 0 Å². The average molecular weight is 496 g/mol. The summed E-state index contributed by atoms with van der Waals surface area (Å²) in [6.07, 6.45) is -1.81. The Morgan fingerprint density at radius 3 is 1.83 bits per heavy atom. The highest BCUT2D eigenvalue weighted by Gasteiger charge is 2.30. The molecule has 0 aliphatic heterocycles. The number of benzene rings is 1. The lowest BCUT2D eigenvalue weighted by Crippen LogP contribution is -2.58. The van der Waals surface area contributed by atoms with E-state index in [1.165, 1.54) is 0 Å². The normalized spacial score (nSPS) is 14.0. The fourth-order valence-electron chi connectivity index (χ4n) is 2.88. The van der Waals surface area contributed by atoms with Gasteiger partial charge < -0.3 is 42.1 Å². The Bertz CT molecular complexity index is 924. The third-order valence-corrected chi connectivity index (χ3v) is 4.72. The second kappa shape index (κ2) is 14.3. The summed E-state index contributed by atoms with van der Waals surface area (Å²) >= 11 is 0. The summed E-state index contributed by atoms with van der Waals surface area (Å²) in [6, 6.07) is 2.31. The summed E-state index contributed by atoms with van der Waals surface area (Å²) in [5, 5.41) is 43.1. The third-order valence-electron chi connectivity index (χ3n) is 4.72. The number of aliphatic hydroxyl groups excluding tert-OH is 1. The van der Waals surface area contributed by atoms with E-state index in [0.717, 1.165) is 0 Å². The smallest absolute Gasteiger partial charge is 0.326 e. The molecule has 14 heteroatoms. The fourth-order valence-corrected chi connectivity index (χ4v) is 2.88. The van der Waals surface area contributed by atoms with E-state index in [1.54, 1.807) is 30.3 Å². The maximum absolute atomic E-state index is 12.7. The first-order valence-electron chi connectivity index (χ1n) is 10.4. The van der Waals surface area contributed by atoms with Crippen LogP contribution in [0.3, 0.4) is 0 Å². The Morgan fingerprint density at radius 2 is 1.31 bits per heavy atom. The van der Waals surface area contributed by atoms with Crippen molar-refractivity contribution in [2.75, 3.05) is 6.61 Å². The van der Waals surface area contributed by atoms with Gasteiger partial charge in [0.15, 0.2) is 0 Å². The number of aliphatic hydroxyl groups is 1. The molecule has 0 spiro atoms. The zero-order valence-electron chi connectivity index (χ0n) is 18.5. The minimum atomic E-state index is -1.64. The molecule has 0 radical (unpaired) electrons. The number of aliphatic carboxylic acids is 3. The van der Waals surface area contributed by atoms with Crippen molar-refractivity contribution < 1.29 is 49.2 Å². The van der Waals surface area contributed by atoms with Crippen LogP contribution in [0.1, 0.15) is 24.8 Å². The SMILES string of the molecule is NC(CC(=O)O)C(=O)NC(CO)C(=O)NC(CCC(=O)O)C(=O)NC(Cc1ccccc1)C(=O)O. The van der Waals surface area contributed by atoms with Crippen molar-refractivity contribution in [3.05, 3.63) is 35.9 Å². The minimum absolute atomic E-state index is 0.0850. The lowest BCUT2D eigenvalue weighted by atomic mass is 10.0. The van der Waals surface area contributed by atoms with E-state index < -0.39 is 85.7 Å². The number of hydrogen-bond donors (Lipinski definition) is 8. The van der Waals surface area contributed by atoms with E-state index in [1.807, 2.05) is 5.32 Å². The van der Waals surface area contributed by atoms with Gasteiger partial charge in [0, 0.05) is 12.8 Å². The highest BCUT2D eigenvalue weighted by atomic mass is 16.4. The van der Waals surface area contributed by atoms with Crippen LogP contribution in [0.4, 0.5) is 0 Å². The number of rotatable bonds is 15. The van der Waals surface area contributed by atoms with Gasteiger partial charge in [-0.25, -0.2) is 4.79 Å². The third kappa shape index (κ3) is 10.6. The first-order valence-corrected chi connectivity index (χ1v) is 10.4. The van der Waals surface area contributed by atoms with Crippen LogP contribution >= 0.6 is 0 Å². The van der Waals surface area contributed by atoms with Gasteiger partial charge in [-0.05, 0) is 12.0 Å². The van der Waals surface area contributed by atoms with E-state index in [4.69, 9.17) is 15.9 Å². The molecule has 4 unspecified atom stereocenters. The molecule has 14 nitrogen and oxygen atoms in total. The molecule has 1 rings (SSSR count). The van der Waals surface area contributed by atoms with Gasteiger partial charge in [-0.1, -0.05) is 30.3 Å². The summed E-state index contributed by atoms with van der Waals surface area (Å²) in [4.78, 5) is 70.5. The van der Waals surface area contributed by atoms with Crippen LogP contribution < -0.4 is 21.7 Å². The molecule has 0 bridgehead atoms. The zero-order chi connectivity index (χ0) is 26.5. The molecule has 0 saturated carbocycles. The number of carboxylic acids is 3. The minimum Gasteiger partial charge on any atom is -0.481 e. The molecule has 1 aromatic rings. The Hall–Kier alpha value is -4.04. The maximum Gasteiger partial charge on any atom is 0.326 e. The largest absolute Gasteiger partial charge is 0.481 e. The highest BCUT2D eigenvalue weighted by Crippen LogP contribution is 2.06. The van der Waals surface area contributed by atoms with Gasteiger partial charge in [0.1, 0.15) is 18.1 Å². The molecule has 35 heavy (non-hydrogen) atoms. The van der Waals surface area contributed by atoms with Crippen LogP contribution in [0.25, 0.3) is 0 Å². The van der Waals surface area contributed by atoms with E-state index in [2.05, 4.69) is 10.6 Å².